The fraction of sp³-hybridized carbons (Fsp3) is 0.300. The van der Waals surface area contributed by atoms with E-state index in [9.17, 15) is 4.79 Å². The molecule has 1 unspecified atom stereocenters. The van der Waals surface area contributed by atoms with Crippen LogP contribution in [0.1, 0.15) is 42.6 Å². The van der Waals surface area contributed by atoms with Crippen molar-refractivity contribution in [2.24, 2.45) is 5.73 Å². The number of rotatable bonds is 6. The molecule has 0 aliphatic rings. The monoisotopic (exact) mass is 336 g/mol. The molecule has 5 nitrogen and oxygen atoms in total. The van der Waals surface area contributed by atoms with E-state index in [0.29, 0.717) is 12.5 Å². The Bertz CT molecular complexity index is 819. The van der Waals surface area contributed by atoms with Crippen LogP contribution in [0, 0.1) is 0 Å². The molecule has 0 saturated carbocycles. The van der Waals surface area contributed by atoms with Crippen molar-refractivity contribution >= 4 is 11.6 Å². The maximum Gasteiger partial charge on any atom is 0.226 e. The molecule has 1 aromatic carbocycles. The second kappa shape index (κ2) is 7.49. The molecule has 5 heteroatoms. The van der Waals surface area contributed by atoms with Crippen LogP contribution < -0.4 is 11.1 Å². The average molecular weight is 336 g/mol. The summed E-state index contributed by atoms with van der Waals surface area (Å²) >= 11 is 0. The molecule has 0 saturated heterocycles. The number of nitrogens with zero attached hydrogens (tertiary/aromatic N) is 2. The lowest BCUT2D eigenvalue weighted by molar-refractivity contribution is -0.120. The lowest BCUT2D eigenvalue weighted by atomic mass is 9.99. The highest BCUT2D eigenvalue weighted by Gasteiger charge is 2.11. The fourth-order valence-electron chi connectivity index (χ4n) is 2.77. The second-order valence-corrected chi connectivity index (χ2v) is 6.61. The van der Waals surface area contributed by atoms with Gasteiger partial charge in [0.05, 0.1) is 12.1 Å². The van der Waals surface area contributed by atoms with Gasteiger partial charge < -0.3 is 15.5 Å². The molecule has 130 valence electrons. The summed E-state index contributed by atoms with van der Waals surface area (Å²) in [5, 5.41) is 2.90. The Hall–Kier alpha value is -2.66. The third-order valence-corrected chi connectivity index (χ3v) is 4.31. The summed E-state index contributed by atoms with van der Waals surface area (Å²) in [6.07, 6.45) is 4.04. The minimum absolute atomic E-state index is 0.0716. The summed E-state index contributed by atoms with van der Waals surface area (Å²) in [5.41, 5.74) is 10.1. The van der Waals surface area contributed by atoms with Gasteiger partial charge in [-0.25, -0.2) is 4.98 Å². The van der Waals surface area contributed by atoms with Gasteiger partial charge in [0, 0.05) is 25.0 Å². The van der Waals surface area contributed by atoms with Gasteiger partial charge in [0.15, 0.2) is 0 Å². The highest BCUT2D eigenvalue weighted by Crippen LogP contribution is 2.17. The van der Waals surface area contributed by atoms with Crippen LogP contribution in [-0.4, -0.2) is 21.8 Å². The van der Waals surface area contributed by atoms with Gasteiger partial charge in [0.25, 0.3) is 0 Å². The highest BCUT2D eigenvalue weighted by molar-refractivity contribution is 5.78. The predicted molar refractivity (Wildman–Crippen MR) is 99.4 cm³/mol. The zero-order chi connectivity index (χ0) is 17.8. The zero-order valence-electron chi connectivity index (χ0n) is 14.6. The number of imidazole rings is 1. The van der Waals surface area contributed by atoms with Crippen LogP contribution in [0.3, 0.4) is 0 Å². The summed E-state index contributed by atoms with van der Waals surface area (Å²) in [4.78, 5) is 16.6. The molecule has 3 aromatic rings. The molecular formula is C20H24N4O. The Morgan fingerprint density at radius 2 is 1.88 bits per heavy atom. The Morgan fingerprint density at radius 1 is 1.16 bits per heavy atom. The minimum Gasteiger partial charge on any atom is -0.354 e. The smallest absolute Gasteiger partial charge is 0.226 e. The van der Waals surface area contributed by atoms with Gasteiger partial charge >= 0.3 is 0 Å². The SMILES string of the molecule is CC(C)c1ccc(C(N)CNC(=O)Cc2cn3ccccc3n2)cc1. The van der Waals surface area contributed by atoms with Gasteiger partial charge in [-0.1, -0.05) is 44.2 Å². The summed E-state index contributed by atoms with van der Waals surface area (Å²) in [5.74, 6) is 0.424. The van der Waals surface area contributed by atoms with Gasteiger partial charge in [-0.2, -0.15) is 0 Å². The molecule has 0 bridgehead atoms. The summed E-state index contributed by atoms with van der Waals surface area (Å²) in [7, 11) is 0. The quantitative estimate of drug-likeness (QED) is 0.727. The molecule has 0 fully saturated rings. The number of carbonyl (C=O) groups excluding carboxylic acids is 1. The molecule has 0 spiro atoms. The van der Waals surface area contributed by atoms with Crippen molar-refractivity contribution in [2.75, 3.05) is 6.54 Å². The molecule has 0 aliphatic heterocycles. The number of aromatic nitrogens is 2. The Labute approximate surface area is 147 Å². The minimum atomic E-state index is -0.216. The number of carbonyl (C=O) groups is 1. The van der Waals surface area contributed by atoms with E-state index in [-0.39, 0.29) is 18.4 Å². The topological polar surface area (TPSA) is 72.4 Å². The first-order chi connectivity index (χ1) is 12.0. The van der Waals surface area contributed by atoms with Crippen LogP contribution in [0.5, 0.6) is 0 Å². The summed E-state index contributed by atoms with van der Waals surface area (Å²) in [6.45, 7) is 4.73. The van der Waals surface area contributed by atoms with Crippen molar-refractivity contribution < 1.29 is 4.79 Å². The number of fused-ring (bicyclic) bond motifs is 1. The van der Waals surface area contributed by atoms with E-state index in [0.717, 1.165) is 16.9 Å². The molecular weight excluding hydrogens is 312 g/mol. The van der Waals surface area contributed by atoms with E-state index in [1.807, 2.05) is 47.1 Å². The van der Waals surface area contributed by atoms with Gasteiger partial charge in [-0.15, -0.1) is 0 Å². The number of hydrogen-bond donors (Lipinski definition) is 2. The average Bonchev–Trinajstić information content (AvgIpc) is 3.01. The van der Waals surface area contributed by atoms with E-state index in [2.05, 4.69) is 36.3 Å². The molecule has 3 N–H and O–H groups in total. The molecule has 25 heavy (non-hydrogen) atoms. The Kier molecular flexibility index (Phi) is 5.14. The first-order valence-electron chi connectivity index (χ1n) is 8.57. The van der Waals surface area contributed by atoms with E-state index >= 15 is 0 Å². The normalized spacial score (nSPS) is 12.5. The van der Waals surface area contributed by atoms with Crippen LogP contribution in [0.25, 0.3) is 5.65 Å². The first kappa shape index (κ1) is 17.2. The maximum absolute atomic E-state index is 12.2. The van der Waals surface area contributed by atoms with Crippen molar-refractivity contribution in [1.29, 1.82) is 0 Å². The third kappa shape index (κ3) is 4.25. The van der Waals surface area contributed by atoms with Gasteiger partial charge in [0.1, 0.15) is 5.65 Å². The summed E-state index contributed by atoms with van der Waals surface area (Å²) < 4.78 is 1.91. The van der Waals surface area contributed by atoms with Crippen molar-refractivity contribution in [3.8, 4) is 0 Å². The van der Waals surface area contributed by atoms with Crippen LogP contribution in [0.15, 0.2) is 54.9 Å². The third-order valence-electron chi connectivity index (χ3n) is 4.31. The number of pyridine rings is 1. The first-order valence-corrected chi connectivity index (χ1v) is 8.57. The molecule has 2 heterocycles. The van der Waals surface area contributed by atoms with Crippen molar-refractivity contribution in [3.05, 3.63) is 71.7 Å². The van der Waals surface area contributed by atoms with Crippen molar-refractivity contribution in [3.63, 3.8) is 0 Å². The molecule has 3 rings (SSSR count). The van der Waals surface area contributed by atoms with E-state index < -0.39 is 0 Å². The van der Waals surface area contributed by atoms with E-state index in [1.54, 1.807) is 0 Å². The standard InChI is InChI=1S/C20H24N4O/c1-14(2)15-6-8-16(9-7-15)18(21)12-22-20(25)11-17-13-24-10-4-3-5-19(24)23-17/h3-10,13-14,18H,11-12,21H2,1-2H3,(H,22,25). The Morgan fingerprint density at radius 3 is 2.56 bits per heavy atom. The van der Waals surface area contributed by atoms with Gasteiger partial charge in [-0.05, 0) is 29.2 Å². The van der Waals surface area contributed by atoms with Gasteiger partial charge in [0.2, 0.25) is 5.91 Å². The van der Waals surface area contributed by atoms with Crippen LogP contribution in [0.4, 0.5) is 0 Å². The lowest BCUT2D eigenvalue weighted by Crippen LogP contribution is -2.32. The number of hydrogen-bond acceptors (Lipinski definition) is 3. The Balaban J connectivity index is 1.54. The second-order valence-electron chi connectivity index (χ2n) is 6.61. The molecule has 0 aliphatic carbocycles. The number of amides is 1. The van der Waals surface area contributed by atoms with Crippen molar-refractivity contribution in [1.82, 2.24) is 14.7 Å². The number of nitrogens with one attached hydrogen (secondary N) is 1. The molecule has 2 aromatic heterocycles. The molecule has 1 amide bonds. The fourth-order valence-corrected chi connectivity index (χ4v) is 2.77. The predicted octanol–water partition coefficient (Wildman–Crippen LogP) is 2.82. The van der Waals surface area contributed by atoms with Crippen LogP contribution in [-0.2, 0) is 11.2 Å². The van der Waals surface area contributed by atoms with Gasteiger partial charge in [-0.3, -0.25) is 4.79 Å². The largest absolute Gasteiger partial charge is 0.354 e. The molecule has 1 atom stereocenters. The van der Waals surface area contributed by atoms with Crippen LogP contribution in [0.2, 0.25) is 0 Å². The highest BCUT2D eigenvalue weighted by atomic mass is 16.1. The zero-order valence-corrected chi connectivity index (χ0v) is 14.6. The number of nitrogens with two attached hydrogens (primary N) is 1. The molecule has 0 radical (unpaired) electrons. The maximum atomic E-state index is 12.2. The van der Waals surface area contributed by atoms with E-state index in [4.69, 9.17) is 5.73 Å². The van der Waals surface area contributed by atoms with E-state index in [1.165, 1.54) is 5.56 Å². The van der Waals surface area contributed by atoms with Crippen LogP contribution >= 0.6 is 0 Å². The lowest BCUT2D eigenvalue weighted by Gasteiger charge is -2.14. The van der Waals surface area contributed by atoms with Crippen molar-refractivity contribution in [2.45, 2.75) is 32.2 Å². The number of benzene rings is 1. The summed E-state index contributed by atoms with van der Waals surface area (Å²) in [6, 6.07) is 13.8.